The van der Waals surface area contributed by atoms with Crippen molar-refractivity contribution < 1.29 is 13.9 Å². The summed E-state index contributed by atoms with van der Waals surface area (Å²) in [7, 11) is 0. The molecule has 0 saturated carbocycles. The highest BCUT2D eigenvalue weighted by Gasteiger charge is 2.11. The Kier molecular flexibility index (Phi) is 3.05. The number of para-hydroxylation sites is 1. The molecule has 0 aliphatic carbocycles. The third-order valence-electron chi connectivity index (χ3n) is 2.28. The predicted molar refractivity (Wildman–Crippen MR) is 60.7 cm³/mol. The van der Waals surface area contributed by atoms with Crippen LogP contribution in [0.3, 0.4) is 0 Å². The molecule has 0 aliphatic rings. The zero-order chi connectivity index (χ0) is 11.4. The topological polar surface area (TPSA) is 39.4 Å². The zero-order valence-corrected chi connectivity index (χ0v) is 8.97. The van der Waals surface area contributed by atoms with Gasteiger partial charge < -0.3 is 9.15 Å². The van der Waals surface area contributed by atoms with Gasteiger partial charge in [-0.2, -0.15) is 0 Å². The highest BCUT2D eigenvalue weighted by atomic mass is 16.5. The summed E-state index contributed by atoms with van der Waals surface area (Å²) in [5, 5.41) is 0. The fourth-order valence-electron chi connectivity index (χ4n) is 1.61. The molecular weight excluding hydrogens is 204 g/mol. The van der Waals surface area contributed by atoms with Gasteiger partial charge in [0.05, 0.1) is 12.9 Å². The van der Waals surface area contributed by atoms with Crippen molar-refractivity contribution in [1.29, 1.82) is 0 Å². The van der Waals surface area contributed by atoms with E-state index in [1.54, 1.807) is 6.07 Å². The van der Waals surface area contributed by atoms with Gasteiger partial charge in [0.1, 0.15) is 5.75 Å². The molecule has 3 nitrogen and oxygen atoms in total. The minimum Gasteiger partial charge on any atom is -0.493 e. The minimum absolute atomic E-state index is 0.326. The van der Waals surface area contributed by atoms with E-state index in [9.17, 15) is 4.79 Å². The molecule has 3 heteroatoms. The van der Waals surface area contributed by atoms with Crippen LogP contribution in [0.15, 0.2) is 41.0 Å². The molecule has 0 amide bonds. The molecule has 0 spiro atoms. The molecule has 16 heavy (non-hydrogen) atoms. The van der Waals surface area contributed by atoms with Crippen molar-refractivity contribution in [2.24, 2.45) is 0 Å². The summed E-state index contributed by atoms with van der Waals surface area (Å²) in [6, 6.07) is 9.35. The monoisotopic (exact) mass is 216 g/mol. The maximum atomic E-state index is 10.8. The van der Waals surface area contributed by atoms with Gasteiger partial charge in [0, 0.05) is 11.1 Å². The average molecular weight is 216 g/mol. The van der Waals surface area contributed by atoms with Gasteiger partial charge in [-0.3, -0.25) is 4.79 Å². The lowest BCUT2D eigenvalue weighted by Gasteiger charge is -2.08. The number of carbonyl (C=O) groups excluding carboxylic acids is 1. The van der Waals surface area contributed by atoms with E-state index in [0.29, 0.717) is 18.7 Å². The van der Waals surface area contributed by atoms with Gasteiger partial charge in [-0.1, -0.05) is 18.2 Å². The summed E-state index contributed by atoms with van der Waals surface area (Å²) in [5.41, 5.74) is 1.64. The molecule has 0 bridgehead atoms. The number of hydrogen-bond donors (Lipinski definition) is 0. The lowest BCUT2D eigenvalue weighted by Crippen LogP contribution is -1.94. The first-order valence-electron chi connectivity index (χ1n) is 5.11. The molecule has 0 aliphatic heterocycles. The van der Waals surface area contributed by atoms with Crippen LogP contribution in [-0.4, -0.2) is 12.9 Å². The summed E-state index contributed by atoms with van der Waals surface area (Å²) >= 11 is 0. The second kappa shape index (κ2) is 4.66. The molecule has 1 heterocycles. The van der Waals surface area contributed by atoms with Crippen LogP contribution in [0.5, 0.6) is 5.75 Å². The van der Waals surface area contributed by atoms with E-state index in [1.165, 1.54) is 6.26 Å². The Morgan fingerprint density at radius 3 is 2.81 bits per heavy atom. The highest BCUT2D eigenvalue weighted by molar-refractivity contribution is 5.86. The van der Waals surface area contributed by atoms with Crippen LogP contribution in [0, 0.1) is 0 Å². The third-order valence-corrected chi connectivity index (χ3v) is 2.28. The Morgan fingerprint density at radius 2 is 2.06 bits per heavy atom. The summed E-state index contributed by atoms with van der Waals surface area (Å²) in [6.45, 7) is 2.51. The first kappa shape index (κ1) is 10.5. The Morgan fingerprint density at radius 1 is 1.25 bits per heavy atom. The quantitative estimate of drug-likeness (QED) is 0.737. The summed E-state index contributed by atoms with van der Waals surface area (Å²) in [4.78, 5) is 10.8. The van der Waals surface area contributed by atoms with Gasteiger partial charge in [-0.15, -0.1) is 0 Å². The number of hydrogen-bond acceptors (Lipinski definition) is 3. The van der Waals surface area contributed by atoms with Crippen LogP contribution in [0.2, 0.25) is 0 Å². The third kappa shape index (κ3) is 1.84. The van der Waals surface area contributed by atoms with Crippen molar-refractivity contribution >= 4 is 6.29 Å². The fourth-order valence-corrected chi connectivity index (χ4v) is 1.61. The van der Waals surface area contributed by atoms with Crippen LogP contribution in [0.1, 0.15) is 17.5 Å². The molecule has 2 rings (SSSR count). The Hall–Kier alpha value is -2.03. The Balaban J connectivity index is 2.50. The van der Waals surface area contributed by atoms with Crippen LogP contribution in [-0.2, 0) is 0 Å². The van der Waals surface area contributed by atoms with Gasteiger partial charge in [-0.25, -0.2) is 0 Å². The van der Waals surface area contributed by atoms with Crippen LogP contribution in [0.25, 0.3) is 11.1 Å². The molecule has 2 aromatic rings. The van der Waals surface area contributed by atoms with Crippen molar-refractivity contribution in [3.05, 3.63) is 42.4 Å². The van der Waals surface area contributed by atoms with E-state index in [1.807, 2.05) is 31.2 Å². The Labute approximate surface area is 93.7 Å². The number of ether oxygens (including phenoxy) is 1. The number of rotatable bonds is 4. The van der Waals surface area contributed by atoms with Gasteiger partial charge in [0.25, 0.3) is 0 Å². The summed E-state index contributed by atoms with van der Waals surface area (Å²) in [5.74, 6) is 1.08. The van der Waals surface area contributed by atoms with Gasteiger partial charge >= 0.3 is 0 Å². The van der Waals surface area contributed by atoms with Crippen LogP contribution >= 0.6 is 0 Å². The number of furan rings is 1. The molecule has 0 atom stereocenters. The average Bonchev–Trinajstić information content (AvgIpc) is 2.78. The number of aldehydes is 1. The molecule has 0 fully saturated rings. The molecular formula is C13H12O3. The lowest BCUT2D eigenvalue weighted by molar-refractivity contribution is 0.110. The number of benzene rings is 1. The largest absolute Gasteiger partial charge is 0.493 e. The molecule has 0 N–H and O–H groups in total. The molecule has 1 aromatic heterocycles. The SMILES string of the molecule is CCOc1ccccc1-c1ccoc1C=O. The molecule has 0 radical (unpaired) electrons. The first-order chi connectivity index (χ1) is 7.86. The Bertz CT molecular complexity index is 485. The van der Waals surface area contributed by atoms with Crippen molar-refractivity contribution in [3.8, 4) is 16.9 Å². The number of carbonyl (C=O) groups is 1. The van der Waals surface area contributed by atoms with Crippen molar-refractivity contribution in [2.75, 3.05) is 6.61 Å². The summed E-state index contributed by atoms with van der Waals surface area (Å²) < 4.78 is 10.6. The van der Waals surface area contributed by atoms with E-state index >= 15 is 0 Å². The van der Waals surface area contributed by atoms with Crippen molar-refractivity contribution in [1.82, 2.24) is 0 Å². The first-order valence-corrected chi connectivity index (χ1v) is 5.11. The normalized spacial score (nSPS) is 10.1. The predicted octanol–water partition coefficient (Wildman–Crippen LogP) is 3.16. The maximum Gasteiger partial charge on any atom is 0.185 e. The smallest absolute Gasteiger partial charge is 0.185 e. The maximum absolute atomic E-state index is 10.8. The minimum atomic E-state index is 0.326. The molecule has 0 saturated heterocycles. The second-order valence-electron chi connectivity index (χ2n) is 3.25. The highest BCUT2D eigenvalue weighted by Crippen LogP contribution is 2.32. The van der Waals surface area contributed by atoms with Crippen LogP contribution < -0.4 is 4.74 Å². The van der Waals surface area contributed by atoms with E-state index in [0.717, 1.165) is 16.9 Å². The molecule has 82 valence electrons. The van der Waals surface area contributed by atoms with Crippen LogP contribution in [0.4, 0.5) is 0 Å². The fraction of sp³-hybridized carbons (Fsp3) is 0.154. The van der Waals surface area contributed by atoms with Gasteiger partial charge in [0.2, 0.25) is 0 Å². The zero-order valence-electron chi connectivity index (χ0n) is 8.97. The van der Waals surface area contributed by atoms with Crippen molar-refractivity contribution in [3.63, 3.8) is 0 Å². The lowest BCUT2D eigenvalue weighted by atomic mass is 10.1. The molecule has 1 aromatic carbocycles. The standard InChI is InChI=1S/C13H12O3/c1-2-15-12-6-4-3-5-10(12)11-7-8-16-13(11)9-14/h3-9H,2H2,1H3. The molecule has 0 unspecified atom stereocenters. The van der Waals surface area contributed by atoms with Crippen molar-refractivity contribution in [2.45, 2.75) is 6.92 Å². The van der Waals surface area contributed by atoms with Gasteiger partial charge in [0.15, 0.2) is 12.0 Å². The van der Waals surface area contributed by atoms with Gasteiger partial charge in [-0.05, 0) is 19.1 Å². The van der Waals surface area contributed by atoms with E-state index < -0.39 is 0 Å². The second-order valence-corrected chi connectivity index (χ2v) is 3.25. The summed E-state index contributed by atoms with van der Waals surface area (Å²) in [6.07, 6.45) is 2.21. The van der Waals surface area contributed by atoms with E-state index in [4.69, 9.17) is 9.15 Å². The van der Waals surface area contributed by atoms with E-state index in [2.05, 4.69) is 0 Å². The van der Waals surface area contributed by atoms with E-state index in [-0.39, 0.29) is 0 Å².